The summed E-state index contributed by atoms with van der Waals surface area (Å²) in [5.41, 5.74) is 6.01. The highest BCUT2D eigenvalue weighted by Gasteiger charge is 2.27. The van der Waals surface area contributed by atoms with Crippen LogP contribution in [0.1, 0.15) is 47.8 Å². The molecule has 47 heavy (non-hydrogen) atoms. The highest BCUT2D eigenvalue weighted by molar-refractivity contribution is 5.96. The predicted molar refractivity (Wildman–Crippen MR) is 180 cm³/mol. The fraction of sp³-hybridized carbons (Fsp3) is 0.333. The van der Waals surface area contributed by atoms with E-state index in [4.69, 9.17) is 14.6 Å². The zero-order valence-electron chi connectivity index (χ0n) is 27.2. The van der Waals surface area contributed by atoms with Gasteiger partial charge < -0.3 is 29.9 Å². The van der Waals surface area contributed by atoms with Gasteiger partial charge in [0, 0.05) is 56.2 Å². The number of nitrogens with zero attached hydrogens (tertiary/aromatic N) is 5. The van der Waals surface area contributed by atoms with Crippen molar-refractivity contribution in [2.75, 3.05) is 43.5 Å². The first-order valence-electron chi connectivity index (χ1n) is 15.8. The molecule has 6 rings (SSSR count). The maximum Gasteiger partial charge on any atom is 0.410 e. The highest BCUT2D eigenvalue weighted by atomic mass is 16.6. The number of aromatic nitrogens is 2. The van der Waals surface area contributed by atoms with Gasteiger partial charge in [0.15, 0.2) is 0 Å². The second kappa shape index (κ2) is 13.1. The molecule has 1 fully saturated rings. The van der Waals surface area contributed by atoms with E-state index in [1.165, 1.54) is 0 Å². The lowest BCUT2D eigenvalue weighted by atomic mass is 10.1. The molecule has 11 nitrogen and oxygen atoms in total. The normalized spacial score (nSPS) is 14.2. The molecular formula is C36H39N7O4. The van der Waals surface area contributed by atoms with E-state index in [0.29, 0.717) is 54.6 Å². The van der Waals surface area contributed by atoms with Crippen LogP contribution in [-0.4, -0.2) is 65.6 Å². The predicted octanol–water partition coefficient (Wildman–Crippen LogP) is 5.72. The average molecular weight is 634 g/mol. The lowest BCUT2D eigenvalue weighted by Crippen LogP contribution is -2.50. The molecule has 11 heteroatoms. The molecule has 2 aliphatic rings. The summed E-state index contributed by atoms with van der Waals surface area (Å²) in [4.78, 5) is 29.2. The summed E-state index contributed by atoms with van der Waals surface area (Å²) in [7, 11) is 1.54. The number of methoxy groups -OCH3 is 1. The van der Waals surface area contributed by atoms with Crippen LogP contribution in [-0.2, 0) is 24.2 Å². The Balaban J connectivity index is 1.12. The maximum absolute atomic E-state index is 12.7. The third-order valence-electron chi connectivity index (χ3n) is 8.33. The van der Waals surface area contributed by atoms with Crippen molar-refractivity contribution in [3.63, 3.8) is 0 Å². The van der Waals surface area contributed by atoms with Crippen molar-refractivity contribution in [1.29, 1.82) is 5.26 Å². The fourth-order valence-corrected chi connectivity index (χ4v) is 5.88. The van der Waals surface area contributed by atoms with Crippen molar-refractivity contribution in [2.45, 2.75) is 45.9 Å². The van der Waals surface area contributed by atoms with E-state index in [9.17, 15) is 14.9 Å². The summed E-state index contributed by atoms with van der Waals surface area (Å²) in [6.07, 6.45) is 0.479. The third-order valence-corrected chi connectivity index (χ3v) is 8.33. The summed E-state index contributed by atoms with van der Waals surface area (Å²) in [5, 5.41) is 21.5. The molecule has 0 bridgehead atoms. The molecule has 2 N–H and O–H groups in total. The number of para-hydroxylation sites is 1. The Labute approximate surface area is 274 Å². The van der Waals surface area contributed by atoms with E-state index in [1.807, 2.05) is 55.8 Å². The molecule has 242 valence electrons. The van der Waals surface area contributed by atoms with Crippen LogP contribution in [0.4, 0.5) is 22.0 Å². The van der Waals surface area contributed by atoms with Crippen molar-refractivity contribution in [3.05, 3.63) is 89.0 Å². The molecule has 3 aromatic carbocycles. The maximum atomic E-state index is 12.7. The van der Waals surface area contributed by atoms with Crippen LogP contribution in [0.5, 0.6) is 5.75 Å². The second-order valence-corrected chi connectivity index (χ2v) is 12.7. The summed E-state index contributed by atoms with van der Waals surface area (Å²) < 4.78 is 12.7. The number of amides is 2. The lowest BCUT2D eigenvalue weighted by molar-refractivity contribution is 0.0240. The minimum atomic E-state index is -0.512. The SMILES string of the molecule is COc1ccccc1C(=O)NCc1ccc(-c2nn3c(c2C#N)Nc2ccc(N4CCN(C(=O)OC(C)(C)C)CC4)cc2CC3)cc1. The molecule has 0 saturated carbocycles. The number of fused-ring (bicyclic) bond motifs is 2. The van der Waals surface area contributed by atoms with Crippen LogP contribution in [0.15, 0.2) is 66.7 Å². The fourth-order valence-electron chi connectivity index (χ4n) is 5.88. The summed E-state index contributed by atoms with van der Waals surface area (Å²) in [6, 6.07) is 23.5. The van der Waals surface area contributed by atoms with E-state index < -0.39 is 5.60 Å². The number of nitrogens with one attached hydrogen (secondary N) is 2. The number of ether oxygens (including phenoxy) is 2. The van der Waals surface area contributed by atoms with Crippen LogP contribution in [0, 0.1) is 11.3 Å². The highest BCUT2D eigenvalue weighted by Crippen LogP contribution is 2.35. The van der Waals surface area contributed by atoms with Gasteiger partial charge in [-0.1, -0.05) is 36.4 Å². The van der Waals surface area contributed by atoms with Gasteiger partial charge in [0.05, 0.1) is 12.7 Å². The number of carbonyl (C=O) groups excluding carboxylic acids is 2. The molecule has 2 aliphatic heterocycles. The first kappa shape index (κ1) is 31.5. The molecule has 0 radical (unpaired) electrons. The number of carbonyl (C=O) groups is 2. The van der Waals surface area contributed by atoms with Crippen molar-refractivity contribution < 1.29 is 19.1 Å². The van der Waals surface area contributed by atoms with E-state index in [1.54, 1.807) is 30.2 Å². The zero-order valence-corrected chi connectivity index (χ0v) is 27.2. The molecule has 0 aliphatic carbocycles. The first-order chi connectivity index (χ1) is 22.6. The largest absolute Gasteiger partial charge is 0.496 e. The zero-order chi connectivity index (χ0) is 33.1. The summed E-state index contributed by atoms with van der Waals surface area (Å²) in [6.45, 7) is 9.26. The standard InChI is InChI=1S/C36H39N7O4/c1-36(2,3)47-35(45)42-19-17-41(18-20-42)27-13-14-30-26(21-27)15-16-43-33(39-30)29(22-37)32(40-43)25-11-9-24(10-12-25)23-38-34(44)28-7-5-6-8-31(28)46-4/h5-14,21,39H,15-20,23H2,1-4H3,(H,38,44). The molecule has 0 unspecified atom stereocenters. The Bertz CT molecular complexity index is 1830. The Kier molecular flexibility index (Phi) is 8.76. The second-order valence-electron chi connectivity index (χ2n) is 12.7. The molecule has 2 amide bonds. The van der Waals surface area contributed by atoms with Gasteiger partial charge in [-0.2, -0.15) is 10.4 Å². The minimum Gasteiger partial charge on any atom is -0.496 e. The third kappa shape index (κ3) is 6.87. The molecule has 1 saturated heterocycles. The first-order valence-corrected chi connectivity index (χ1v) is 15.8. The molecule has 4 aromatic rings. The Hall–Kier alpha value is -5.50. The number of aryl methyl sites for hydroxylation is 2. The van der Waals surface area contributed by atoms with Gasteiger partial charge in [0.1, 0.15) is 34.5 Å². The average Bonchev–Trinajstić information content (AvgIpc) is 3.32. The van der Waals surface area contributed by atoms with Gasteiger partial charge in [0.25, 0.3) is 5.91 Å². The quantitative estimate of drug-likeness (QED) is 0.277. The Morgan fingerprint density at radius 1 is 1.00 bits per heavy atom. The van der Waals surface area contributed by atoms with Crippen molar-refractivity contribution in [1.82, 2.24) is 20.0 Å². The van der Waals surface area contributed by atoms with Gasteiger partial charge >= 0.3 is 6.09 Å². The molecule has 1 aromatic heterocycles. The number of hydrogen-bond donors (Lipinski definition) is 2. The number of rotatable bonds is 6. The number of piperazine rings is 1. The molecule has 0 atom stereocenters. The van der Waals surface area contributed by atoms with Gasteiger partial charge in [-0.25, -0.2) is 9.48 Å². The monoisotopic (exact) mass is 633 g/mol. The van der Waals surface area contributed by atoms with E-state index in [2.05, 4.69) is 39.8 Å². The van der Waals surface area contributed by atoms with E-state index in [-0.39, 0.29) is 12.0 Å². The van der Waals surface area contributed by atoms with Gasteiger partial charge in [-0.3, -0.25) is 4.79 Å². The van der Waals surface area contributed by atoms with Crippen molar-refractivity contribution in [2.24, 2.45) is 0 Å². The van der Waals surface area contributed by atoms with Crippen LogP contribution in [0.25, 0.3) is 11.3 Å². The van der Waals surface area contributed by atoms with Gasteiger partial charge in [-0.15, -0.1) is 0 Å². The smallest absolute Gasteiger partial charge is 0.410 e. The van der Waals surface area contributed by atoms with Crippen LogP contribution in [0.3, 0.4) is 0 Å². The number of hydrogen-bond acceptors (Lipinski definition) is 8. The van der Waals surface area contributed by atoms with Crippen LogP contribution >= 0.6 is 0 Å². The van der Waals surface area contributed by atoms with Crippen LogP contribution in [0.2, 0.25) is 0 Å². The number of nitriles is 1. The Morgan fingerprint density at radius 2 is 1.74 bits per heavy atom. The van der Waals surface area contributed by atoms with Crippen LogP contribution < -0.4 is 20.3 Å². The molecule has 3 heterocycles. The lowest BCUT2D eigenvalue weighted by Gasteiger charge is -2.37. The Morgan fingerprint density at radius 3 is 2.45 bits per heavy atom. The van der Waals surface area contributed by atoms with E-state index >= 15 is 0 Å². The minimum absolute atomic E-state index is 0.213. The number of benzene rings is 3. The summed E-state index contributed by atoms with van der Waals surface area (Å²) >= 11 is 0. The van der Waals surface area contributed by atoms with Crippen molar-refractivity contribution >= 4 is 29.2 Å². The number of anilines is 3. The topological polar surface area (TPSA) is 125 Å². The van der Waals surface area contributed by atoms with Gasteiger partial charge in [0.2, 0.25) is 0 Å². The van der Waals surface area contributed by atoms with E-state index in [0.717, 1.165) is 47.6 Å². The van der Waals surface area contributed by atoms with Crippen molar-refractivity contribution in [3.8, 4) is 23.1 Å². The summed E-state index contributed by atoms with van der Waals surface area (Å²) in [5.74, 6) is 0.985. The van der Waals surface area contributed by atoms with Gasteiger partial charge in [-0.05, 0) is 68.7 Å². The molecule has 0 spiro atoms. The molecular weight excluding hydrogens is 594 g/mol.